The van der Waals surface area contributed by atoms with Gasteiger partial charge < -0.3 is 4.74 Å². The molecule has 0 aromatic carbocycles. The summed E-state index contributed by atoms with van der Waals surface area (Å²) in [5, 5.41) is 0. The lowest BCUT2D eigenvalue weighted by Crippen LogP contribution is -2.31. The Bertz CT molecular complexity index is 522. The van der Waals surface area contributed by atoms with Crippen molar-refractivity contribution in [2.24, 2.45) is 0 Å². The van der Waals surface area contributed by atoms with E-state index in [2.05, 4.69) is 18.1 Å². The Hall–Kier alpha value is -2.04. The van der Waals surface area contributed by atoms with Gasteiger partial charge in [-0.1, -0.05) is 13.2 Å². The van der Waals surface area contributed by atoms with Gasteiger partial charge in [-0.3, -0.25) is 14.3 Å². The molecule has 1 N–H and O–H groups in total. The normalized spacial score (nSPS) is 20.4. The highest BCUT2D eigenvalue weighted by Gasteiger charge is 2.24. The molecule has 0 unspecified atom stereocenters. The number of aromatic nitrogens is 2. The fourth-order valence-corrected chi connectivity index (χ4v) is 1.42. The summed E-state index contributed by atoms with van der Waals surface area (Å²) < 4.78 is 6.64. The molecule has 1 aromatic heterocycles. The van der Waals surface area contributed by atoms with Crippen LogP contribution in [0.15, 0.2) is 46.3 Å². The Balaban J connectivity index is 2.40. The predicted molar refractivity (Wildman–Crippen MR) is 54.3 cm³/mol. The van der Waals surface area contributed by atoms with Crippen LogP contribution in [0.4, 0.5) is 0 Å². The van der Waals surface area contributed by atoms with Crippen molar-refractivity contribution in [1.82, 2.24) is 9.55 Å². The zero-order chi connectivity index (χ0) is 11.0. The molecule has 1 fully saturated rings. The van der Waals surface area contributed by atoms with Crippen LogP contribution in [0.25, 0.3) is 0 Å². The van der Waals surface area contributed by atoms with Crippen molar-refractivity contribution in [3.8, 4) is 0 Å². The van der Waals surface area contributed by atoms with Crippen LogP contribution in [0.3, 0.4) is 0 Å². The Morgan fingerprint density at radius 2 is 2.20 bits per heavy atom. The maximum atomic E-state index is 11.4. The van der Waals surface area contributed by atoms with Gasteiger partial charge in [-0.15, -0.1) is 0 Å². The standard InChI is InChI=1S/C10H10N2O3/c1-6-5-9(15-7(6)2)12-4-3-8(13)11-10(12)14/h3-4,9H,1-2,5H2,(H,11,13,14)/t9-/m0/s1. The van der Waals surface area contributed by atoms with Crippen LogP contribution >= 0.6 is 0 Å². The summed E-state index contributed by atoms with van der Waals surface area (Å²) in [6.07, 6.45) is 1.46. The first-order chi connectivity index (χ1) is 7.08. The highest BCUT2D eigenvalue weighted by Crippen LogP contribution is 2.32. The van der Waals surface area contributed by atoms with E-state index in [0.717, 1.165) is 5.57 Å². The number of hydrogen-bond acceptors (Lipinski definition) is 3. The second-order valence-corrected chi connectivity index (χ2v) is 3.32. The quantitative estimate of drug-likeness (QED) is 0.728. The molecule has 0 bridgehead atoms. The molecule has 1 saturated heterocycles. The molecule has 2 heterocycles. The lowest BCUT2D eigenvalue weighted by molar-refractivity contribution is 0.0939. The molecule has 1 aliphatic rings. The predicted octanol–water partition coefficient (Wildman–Crippen LogP) is 0.525. The topological polar surface area (TPSA) is 64.1 Å². The molecule has 1 aliphatic heterocycles. The number of H-pyrrole nitrogens is 1. The van der Waals surface area contributed by atoms with E-state index in [9.17, 15) is 9.59 Å². The van der Waals surface area contributed by atoms with Crippen LogP contribution < -0.4 is 11.2 Å². The van der Waals surface area contributed by atoms with Crippen LogP contribution in [-0.4, -0.2) is 9.55 Å². The highest BCUT2D eigenvalue weighted by molar-refractivity contribution is 5.23. The highest BCUT2D eigenvalue weighted by atomic mass is 16.5. The number of aromatic amines is 1. The van der Waals surface area contributed by atoms with Gasteiger partial charge in [0.25, 0.3) is 5.56 Å². The first kappa shape index (κ1) is 9.51. The lowest BCUT2D eigenvalue weighted by Gasteiger charge is -2.11. The minimum absolute atomic E-state index is 0.424. The van der Waals surface area contributed by atoms with Gasteiger partial charge in [0.05, 0.1) is 0 Å². The molecule has 0 saturated carbocycles. The molecule has 0 amide bonds. The van der Waals surface area contributed by atoms with Gasteiger partial charge in [0.1, 0.15) is 5.76 Å². The summed E-state index contributed by atoms with van der Waals surface area (Å²) in [4.78, 5) is 24.4. The first-order valence-electron chi connectivity index (χ1n) is 4.43. The molecule has 0 spiro atoms. The van der Waals surface area contributed by atoms with Crippen LogP contribution in [-0.2, 0) is 4.74 Å². The monoisotopic (exact) mass is 206 g/mol. The van der Waals surface area contributed by atoms with E-state index in [1.54, 1.807) is 0 Å². The fourth-order valence-electron chi connectivity index (χ4n) is 1.42. The Labute approximate surface area is 85.3 Å². The Morgan fingerprint density at radius 1 is 1.47 bits per heavy atom. The van der Waals surface area contributed by atoms with Gasteiger partial charge in [-0.2, -0.15) is 0 Å². The van der Waals surface area contributed by atoms with E-state index in [4.69, 9.17) is 4.74 Å². The van der Waals surface area contributed by atoms with E-state index in [-0.39, 0.29) is 0 Å². The largest absolute Gasteiger partial charge is 0.470 e. The molecule has 5 heteroatoms. The van der Waals surface area contributed by atoms with Crippen molar-refractivity contribution in [1.29, 1.82) is 0 Å². The zero-order valence-corrected chi connectivity index (χ0v) is 8.03. The summed E-state index contributed by atoms with van der Waals surface area (Å²) >= 11 is 0. The van der Waals surface area contributed by atoms with Crippen molar-refractivity contribution >= 4 is 0 Å². The molecule has 2 rings (SSSR count). The van der Waals surface area contributed by atoms with E-state index >= 15 is 0 Å². The minimum atomic E-state index is -0.491. The smallest absolute Gasteiger partial charge is 0.331 e. The molecular weight excluding hydrogens is 196 g/mol. The van der Waals surface area contributed by atoms with Gasteiger partial charge in [0, 0.05) is 18.7 Å². The summed E-state index contributed by atoms with van der Waals surface area (Å²) in [7, 11) is 0. The average molecular weight is 206 g/mol. The number of allylic oxidation sites excluding steroid dienone is 1. The molecule has 78 valence electrons. The molecule has 0 aliphatic carbocycles. The van der Waals surface area contributed by atoms with Gasteiger partial charge >= 0.3 is 5.69 Å². The fraction of sp³-hybridized carbons (Fsp3) is 0.200. The van der Waals surface area contributed by atoms with Crippen molar-refractivity contribution in [2.45, 2.75) is 12.6 Å². The minimum Gasteiger partial charge on any atom is -0.470 e. The van der Waals surface area contributed by atoms with Crippen molar-refractivity contribution < 1.29 is 4.74 Å². The maximum absolute atomic E-state index is 11.4. The van der Waals surface area contributed by atoms with Crippen LogP contribution in [0.5, 0.6) is 0 Å². The summed E-state index contributed by atoms with van der Waals surface area (Å²) in [5.74, 6) is 0.484. The number of ether oxygens (including phenoxy) is 1. The third kappa shape index (κ3) is 1.63. The zero-order valence-electron chi connectivity index (χ0n) is 8.03. The molecule has 15 heavy (non-hydrogen) atoms. The van der Waals surface area contributed by atoms with Crippen LogP contribution in [0.2, 0.25) is 0 Å². The number of hydrogen-bond donors (Lipinski definition) is 1. The average Bonchev–Trinajstić information content (AvgIpc) is 2.46. The van der Waals surface area contributed by atoms with E-state index < -0.39 is 17.5 Å². The molecule has 0 radical (unpaired) electrons. The summed E-state index contributed by atoms with van der Waals surface area (Å²) in [6, 6.07) is 1.27. The van der Waals surface area contributed by atoms with E-state index in [1.807, 2.05) is 0 Å². The third-order valence-corrected chi connectivity index (χ3v) is 2.26. The summed E-state index contributed by atoms with van der Waals surface area (Å²) in [6.45, 7) is 7.40. The third-order valence-electron chi connectivity index (χ3n) is 2.26. The second-order valence-electron chi connectivity index (χ2n) is 3.32. The number of nitrogens with zero attached hydrogens (tertiary/aromatic N) is 1. The van der Waals surface area contributed by atoms with E-state index in [1.165, 1.54) is 16.8 Å². The summed E-state index contributed by atoms with van der Waals surface area (Å²) in [5.41, 5.74) is -0.153. The van der Waals surface area contributed by atoms with Crippen LogP contribution in [0.1, 0.15) is 12.6 Å². The van der Waals surface area contributed by atoms with Gasteiger partial charge in [0.2, 0.25) is 0 Å². The Kier molecular flexibility index (Phi) is 2.07. The van der Waals surface area contributed by atoms with Crippen LogP contribution in [0, 0.1) is 0 Å². The van der Waals surface area contributed by atoms with Gasteiger partial charge in [-0.05, 0) is 5.57 Å². The SMILES string of the molecule is C=C1C[C@@H](n2ccc(=O)[nH]c2=O)OC1=C. The van der Waals surface area contributed by atoms with Gasteiger partial charge in [0.15, 0.2) is 6.23 Å². The lowest BCUT2D eigenvalue weighted by atomic mass is 10.2. The Morgan fingerprint density at radius 3 is 2.73 bits per heavy atom. The van der Waals surface area contributed by atoms with Gasteiger partial charge in [-0.25, -0.2) is 4.79 Å². The second kappa shape index (κ2) is 3.27. The van der Waals surface area contributed by atoms with Crippen molar-refractivity contribution in [2.75, 3.05) is 0 Å². The van der Waals surface area contributed by atoms with Crippen molar-refractivity contribution in [3.63, 3.8) is 0 Å². The molecule has 1 atom stereocenters. The maximum Gasteiger partial charge on any atom is 0.331 e. The molecular formula is C10H10N2O3. The van der Waals surface area contributed by atoms with E-state index in [0.29, 0.717) is 12.2 Å². The van der Waals surface area contributed by atoms with Crippen molar-refractivity contribution in [3.05, 3.63) is 57.6 Å². The molecule has 5 nitrogen and oxygen atoms in total. The molecule has 1 aromatic rings. The number of rotatable bonds is 1. The first-order valence-corrected chi connectivity index (χ1v) is 4.43. The number of nitrogens with one attached hydrogen (secondary N) is 1.